The SMILES string of the molecule is O=C(CSc1cc(F)ccc1F)N[C@H]1CS(=O)(=O)C[C@H]1Cl. The summed E-state index contributed by atoms with van der Waals surface area (Å²) in [5.41, 5.74) is 0. The Hall–Kier alpha value is -0.860. The topological polar surface area (TPSA) is 63.2 Å². The van der Waals surface area contributed by atoms with Crippen molar-refractivity contribution in [3.8, 4) is 0 Å². The predicted octanol–water partition coefficient (Wildman–Crippen LogP) is 1.58. The van der Waals surface area contributed by atoms with Crippen molar-refractivity contribution < 1.29 is 22.0 Å². The van der Waals surface area contributed by atoms with Gasteiger partial charge in [0.2, 0.25) is 5.91 Å². The third-order valence-electron chi connectivity index (χ3n) is 2.88. The molecule has 1 aromatic rings. The van der Waals surface area contributed by atoms with E-state index in [1.54, 1.807) is 0 Å². The zero-order valence-electron chi connectivity index (χ0n) is 10.7. The third-order valence-corrected chi connectivity index (χ3v) is 6.29. The van der Waals surface area contributed by atoms with Crippen LogP contribution in [-0.4, -0.2) is 43.0 Å². The second-order valence-corrected chi connectivity index (χ2v) is 8.36. The van der Waals surface area contributed by atoms with E-state index in [0.29, 0.717) is 0 Å². The van der Waals surface area contributed by atoms with Gasteiger partial charge in [-0.15, -0.1) is 23.4 Å². The standard InChI is InChI=1S/C12H12ClF2NO3S2/c13-8-5-21(18,19)6-10(8)16-12(17)4-20-11-3-7(14)1-2-9(11)15/h1-3,8,10H,4-6H2,(H,16,17)/t8-,10+/m1/s1. The van der Waals surface area contributed by atoms with E-state index in [4.69, 9.17) is 11.6 Å². The number of rotatable bonds is 4. The minimum atomic E-state index is -3.23. The molecule has 1 fully saturated rings. The summed E-state index contributed by atoms with van der Waals surface area (Å²) in [5, 5.41) is 1.83. The Bertz CT molecular complexity index is 654. The summed E-state index contributed by atoms with van der Waals surface area (Å²) < 4.78 is 49.1. The molecule has 1 amide bonds. The van der Waals surface area contributed by atoms with Crippen LogP contribution in [-0.2, 0) is 14.6 Å². The first kappa shape index (κ1) is 16.5. The molecule has 2 atom stereocenters. The first-order chi connectivity index (χ1) is 9.77. The number of amides is 1. The van der Waals surface area contributed by atoms with Crippen LogP contribution in [0.2, 0.25) is 0 Å². The highest BCUT2D eigenvalue weighted by Crippen LogP contribution is 2.23. The van der Waals surface area contributed by atoms with E-state index in [9.17, 15) is 22.0 Å². The second kappa shape index (κ2) is 6.50. The van der Waals surface area contributed by atoms with E-state index < -0.39 is 38.8 Å². The average molecular weight is 356 g/mol. The van der Waals surface area contributed by atoms with Crippen LogP contribution in [0.4, 0.5) is 8.78 Å². The first-order valence-corrected chi connectivity index (χ1v) is 9.23. The fourth-order valence-electron chi connectivity index (χ4n) is 1.92. The molecule has 0 bridgehead atoms. The fourth-order valence-corrected chi connectivity index (χ4v) is 5.24. The minimum Gasteiger partial charge on any atom is -0.350 e. The highest BCUT2D eigenvalue weighted by Gasteiger charge is 2.37. The molecule has 2 rings (SSSR count). The van der Waals surface area contributed by atoms with E-state index in [-0.39, 0.29) is 22.2 Å². The van der Waals surface area contributed by atoms with E-state index in [1.165, 1.54) is 0 Å². The minimum absolute atomic E-state index is 0.0200. The molecule has 0 radical (unpaired) electrons. The van der Waals surface area contributed by atoms with Gasteiger partial charge in [-0.1, -0.05) is 0 Å². The maximum Gasteiger partial charge on any atom is 0.230 e. The van der Waals surface area contributed by atoms with E-state index in [1.807, 2.05) is 0 Å². The molecule has 0 aromatic heterocycles. The summed E-state index contributed by atoms with van der Waals surface area (Å²) >= 11 is 6.69. The van der Waals surface area contributed by atoms with Gasteiger partial charge in [0.1, 0.15) is 11.6 Å². The number of alkyl halides is 1. The molecule has 1 aromatic carbocycles. The average Bonchev–Trinajstić information content (AvgIpc) is 2.63. The molecule has 1 aliphatic rings. The van der Waals surface area contributed by atoms with Gasteiger partial charge in [-0.3, -0.25) is 4.79 Å². The number of benzene rings is 1. The largest absolute Gasteiger partial charge is 0.350 e. The summed E-state index contributed by atoms with van der Waals surface area (Å²) in [6.07, 6.45) is 0. The van der Waals surface area contributed by atoms with Gasteiger partial charge >= 0.3 is 0 Å². The molecule has 4 nitrogen and oxygen atoms in total. The van der Waals surface area contributed by atoms with Crippen molar-refractivity contribution in [3.63, 3.8) is 0 Å². The van der Waals surface area contributed by atoms with Crippen LogP contribution < -0.4 is 5.32 Å². The molecule has 21 heavy (non-hydrogen) atoms. The molecule has 1 saturated heterocycles. The number of nitrogens with one attached hydrogen (secondary N) is 1. The molecule has 116 valence electrons. The van der Waals surface area contributed by atoms with Crippen molar-refractivity contribution in [1.82, 2.24) is 5.32 Å². The maximum absolute atomic E-state index is 13.4. The summed E-state index contributed by atoms with van der Waals surface area (Å²) in [6, 6.07) is 2.31. The molecular formula is C12H12ClF2NO3S2. The summed E-state index contributed by atoms with van der Waals surface area (Å²) in [4.78, 5) is 11.7. The van der Waals surface area contributed by atoms with Crippen LogP contribution in [0.1, 0.15) is 0 Å². The Morgan fingerprint density at radius 2 is 2.10 bits per heavy atom. The van der Waals surface area contributed by atoms with Crippen LogP contribution in [0, 0.1) is 11.6 Å². The Balaban J connectivity index is 1.90. The van der Waals surface area contributed by atoms with Gasteiger partial charge in [-0.25, -0.2) is 17.2 Å². The number of hydrogen-bond acceptors (Lipinski definition) is 4. The lowest BCUT2D eigenvalue weighted by Crippen LogP contribution is -2.41. The zero-order chi connectivity index (χ0) is 15.6. The van der Waals surface area contributed by atoms with E-state index >= 15 is 0 Å². The number of carbonyl (C=O) groups is 1. The lowest BCUT2D eigenvalue weighted by atomic mass is 10.2. The Morgan fingerprint density at radius 3 is 2.71 bits per heavy atom. The molecule has 0 spiro atoms. The number of carbonyl (C=O) groups excluding carboxylic acids is 1. The van der Waals surface area contributed by atoms with Crippen LogP contribution in [0.15, 0.2) is 23.1 Å². The van der Waals surface area contributed by atoms with Crippen molar-refractivity contribution in [1.29, 1.82) is 0 Å². The second-order valence-electron chi connectivity index (χ2n) is 4.63. The van der Waals surface area contributed by atoms with Gasteiger partial charge < -0.3 is 5.32 Å². The summed E-state index contributed by atoms with van der Waals surface area (Å²) in [5.74, 6) is -2.22. The van der Waals surface area contributed by atoms with Crippen LogP contribution >= 0.6 is 23.4 Å². The highest BCUT2D eigenvalue weighted by molar-refractivity contribution is 8.00. The predicted molar refractivity (Wildman–Crippen MR) is 77.3 cm³/mol. The van der Waals surface area contributed by atoms with E-state index in [0.717, 1.165) is 30.0 Å². The van der Waals surface area contributed by atoms with Gasteiger partial charge in [0.05, 0.1) is 28.7 Å². The number of hydrogen-bond donors (Lipinski definition) is 1. The molecule has 0 saturated carbocycles. The van der Waals surface area contributed by atoms with Gasteiger partial charge in [0, 0.05) is 4.90 Å². The lowest BCUT2D eigenvalue weighted by Gasteiger charge is -2.14. The Kier molecular flexibility index (Phi) is 5.11. The van der Waals surface area contributed by atoms with Crippen LogP contribution in [0.25, 0.3) is 0 Å². The Morgan fingerprint density at radius 1 is 1.38 bits per heavy atom. The van der Waals surface area contributed by atoms with Crippen molar-refractivity contribution >= 4 is 39.1 Å². The maximum atomic E-state index is 13.4. The third kappa shape index (κ3) is 4.55. The van der Waals surface area contributed by atoms with Crippen molar-refractivity contribution in [2.45, 2.75) is 16.3 Å². The van der Waals surface area contributed by atoms with Gasteiger partial charge in [-0.05, 0) is 18.2 Å². The monoisotopic (exact) mass is 355 g/mol. The zero-order valence-corrected chi connectivity index (χ0v) is 13.1. The molecule has 0 unspecified atom stereocenters. The Labute approximate surface area is 130 Å². The van der Waals surface area contributed by atoms with Crippen molar-refractivity contribution in [2.75, 3.05) is 17.3 Å². The number of sulfone groups is 1. The van der Waals surface area contributed by atoms with Crippen molar-refractivity contribution in [3.05, 3.63) is 29.8 Å². The highest BCUT2D eigenvalue weighted by atomic mass is 35.5. The van der Waals surface area contributed by atoms with Crippen LogP contribution in [0.3, 0.4) is 0 Å². The molecule has 1 heterocycles. The summed E-state index contributed by atoms with van der Waals surface area (Å²) in [6.45, 7) is 0. The molecule has 1 aliphatic heterocycles. The van der Waals surface area contributed by atoms with E-state index in [2.05, 4.69) is 5.32 Å². The first-order valence-electron chi connectivity index (χ1n) is 5.98. The molecule has 0 aliphatic carbocycles. The molecule has 1 N–H and O–H groups in total. The smallest absolute Gasteiger partial charge is 0.230 e. The normalized spacial score (nSPS) is 24.0. The molecular weight excluding hydrogens is 344 g/mol. The van der Waals surface area contributed by atoms with Gasteiger partial charge in [-0.2, -0.15) is 0 Å². The lowest BCUT2D eigenvalue weighted by molar-refractivity contribution is -0.119. The van der Waals surface area contributed by atoms with Crippen molar-refractivity contribution in [2.24, 2.45) is 0 Å². The fraction of sp³-hybridized carbons (Fsp3) is 0.417. The number of halogens is 3. The number of thioether (sulfide) groups is 1. The van der Waals surface area contributed by atoms with Crippen LogP contribution in [0.5, 0.6) is 0 Å². The van der Waals surface area contributed by atoms with Gasteiger partial charge in [0.25, 0.3) is 0 Å². The quantitative estimate of drug-likeness (QED) is 0.658. The summed E-state index contributed by atoms with van der Waals surface area (Å²) in [7, 11) is -3.23. The van der Waals surface area contributed by atoms with Gasteiger partial charge in [0.15, 0.2) is 9.84 Å². The molecule has 9 heteroatoms.